The average molecular weight is 371 g/mol. The molecule has 1 saturated heterocycles. The maximum Gasteiger partial charge on any atom is 0.227 e. The second-order valence-electron chi connectivity index (χ2n) is 6.59. The average Bonchev–Trinajstić information content (AvgIpc) is 3.04. The van der Waals surface area contributed by atoms with Crippen LogP contribution in [0.5, 0.6) is 0 Å². The van der Waals surface area contributed by atoms with Crippen LogP contribution >= 0.6 is 11.6 Å². The number of unbranched alkanes of at least 4 members (excludes halogenated alkanes) is 1. The fraction of sp³-hybridized carbons (Fsp3) is 0.333. The number of nitrogens with zero attached hydrogens (tertiary/aromatic N) is 1. The first-order valence-electron chi connectivity index (χ1n) is 9.01. The summed E-state index contributed by atoms with van der Waals surface area (Å²) in [5.74, 6) is -0.414. The molecule has 4 nitrogen and oxygen atoms in total. The van der Waals surface area contributed by atoms with Crippen LogP contribution in [0.2, 0.25) is 5.02 Å². The lowest BCUT2D eigenvalue weighted by molar-refractivity contribution is -0.126. The van der Waals surface area contributed by atoms with E-state index in [1.165, 1.54) is 5.56 Å². The number of carbonyl (C=O) groups excluding carboxylic acids is 2. The highest BCUT2D eigenvalue weighted by Crippen LogP contribution is 2.30. The second kappa shape index (κ2) is 8.86. The molecule has 3 rings (SSSR count). The predicted molar refractivity (Wildman–Crippen MR) is 104 cm³/mol. The standard InChI is InChI=1S/C21H23ClN2O2/c22-18-11-4-5-12-19(18)24-15-17(14-20(24)25)21(26)23-13-7-6-10-16-8-2-1-3-9-16/h1-5,8-9,11-12,17H,6-7,10,13-15H2,(H,23,26)/t17-/m0/s1. The van der Waals surface area contributed by atoms with Gasteiger partial charge in [0.15, 0.2) is 0 Å². The Labute approximate surface area is 159 Å². The van der Waals surface area contributed by atoms with Crippen LogP contribution in [-0.2, 0) is 16.0 Å². The van der Waals surface area contributed by atoms with Crippen LogP contribution in [0.4, 0.5) is 5.69 Å². The fourth-order valence-electron chi connectivity index (χ4n) is 3.24. The zero-order chi connectivity index (χ0) is 18.4. The molecule has 0 aromatic heterocycles. The molecule has 1 fully saturated rings. The van der Waals surface area contributed by atoms with Gasteiger partial charge in [0.25, 0.3) is 0 Å². The third-order valence-electron chi connectivity index (χ3n) is 4.67. The first kappa shape index (κ1) is 18.5. The minimum Gasteiger partial charge on any atom is -0.356 e. The molecule has 2 aromatic rings. The highest BCUT2D eigenvalue weighted by Gasteiger charge is 2.35. The van der Waals surface area contributed by atoms with E-state index in [2.05, 4.69) is 17.4 Å². The van der Waals surface area contributed by atoms with Crippen molar-refractivity contribution in [2.45, 2.75) is 25.7 Å². The maximum absolute atomic E-state index is 12.4. The van der Waals surface area contributed by atoms with E-state index in [-0.39, 0.29) is 24.2 Å². The van der Waals surface area contributed by atoms with Crippen LogP contribution in [0.25, 0.3) is 0 Å². The lowest BCUT2D eigenvalue weighted by atomic mass is 10.1. The summed E-state index contributed by atoms with van der Waals surface area (Å²) in [4.78, 5) is 26.2. The number of nitrogens with one attached hydrogen (secondary N) is 1. The topological polar surface area (TPSA) is 49.4 Å². The van der Waals surface area contributed by atoms with Crippen molar-refractivity contribution in [3.05, 3.63) is 65.2 Å². The van der Waals surface area contributed by atoms with E-state index in [4.69, 9.17) is 11.6 Å². The minimum absolute atomic E-state index is 0.0485. The van der Waals surface area contributed by atoms with Crippen molar-refractivity contribution in [1.29, 1.82) is 0 Å². The molecule has 5 heteroatoms. The van der Waals surface area contributed by atoms with Crippen molar-refractivity contribution in [3.63, 3.8) is 0 Å². The van der Waals surface area contributed by atoms with Crippen molar-refractivity contribution >= 4 is 29.1 Å². The highest BCUT2D eigenvalue weighted by atomic mass is 35.5. The second-order valence-corrected chi connectivity index (χ2v) is 7.00. The number of aryl methyl sites for hydroxylation is 1. The molecule has 136 valence electrons. The minimum atomic E-state index is -0.312. The summed E-state index contributed by atoms with van der Waals surface area (Å²) < 4.78 is 0. The molecule has 0 saturated carbocycles. The Morgan fingerprint density at radius 3 is 2.58 bits per heavy atom. The van der Waals surface area contributed by atoms with Crippen molar-refractivity contribution in [3.8, 4) is 0 Å². The van der Waals surface area contributed by atoms with Gasteiger partial charge in [0.05, 0.1) is 16.6 Å². The van der Waals surface area contributed by atoms with Crippen LogP contribution in [0.15, 0.2) is 54.6 Å². The Hall–Kier alpha value is -2.33. The lowest BCUT2D eigenvalue weighted by Crippen LogP contribution is -2.33. The molecule has 0 spiro atoms. The first-order valence-corrected chi connectivity index (χ1v) is 9.39. The van der Waals surface area contributed by atoms with Crippen molar-refractivity contribution < 1.29 is 9.59 Å². The van der Waals surface area contributed by atoms with E-state index in [0.29, 0.717) is 23.8 Å². The van der Waals surface area contributed by atoms with Gasteiger partial charge in [-0.2, -0.15) is 0 Å². The summed E-state index contributed by atoms with van der Waals surface area (Å²) in [6.45, 7) is 1.03. The number of hydrogen-bond donors (Lipinski definition) is 1. The number of rotatable bonds is 7. The van der Waals surface area contributed by atoms with Gasteiger partial charge < -0.3 is 10.2 Å². The van der Waals surface area contributed by atoms with E-state index >= 15 is 0 Å². The van der Waals surface area contributed by atoms with Gasteiger partial charge in [0.2, 0.25) is 11.8 Å². The normalized spacial score (nSPS) is 16.7. The molecule has 0 radical (unpaired) electrons. The van der Waals surface area contributed by atoms with Gasteiger partial charge in [-0.15, -0.1) is 0 Å². The summed E-state index contributed by atoms with van der Waals surface area (Å²) in [5, 5.41) is 3.50. The number of amides is 2. The summed E-state index contributed by atoms with van der Waals surface area (Å²) in [6, 6.07) is 17.6. The van der Waals surface area contributed by atoms with Crippen LogP contribution in [-0.4, -0.2) is 24.9 Å². The van der Waals surface area contributed by atoms with E-state index in [1.54, 1.807) is 11.0 Å². The van der Waals surface area contributed by atoms with Gasteiger partial charge >= 0.3 is 0 Å². The smallest absolute Gasteiger partial charge is 0.227 e. The van der Waals surface area contributed by atoms with Gasteiger partial charge in [0, 0.05) is 19.5 Å². The largest absolute Gasteiger partial charge is 0.356 e. The molecular weight excluding hydrogens is 348 g/mol. The zero-order valence-corrected chi connectivity index (χ0v) is 15.4. The Balaban J connectivity index is 1.43. The highest BCUT2D eigenvalue weighted by molar-refractivity contribution is 6.33. The molecule has 0 aliphatic carbocycles. The number of halogens is 1. The van der Waals surface area contributed by atoms with Crippen molar-refractivity contribution in [1.82, 2.24) is 5.32 Å². The molecule has 26 heavy (non-hydrogen) atoms. The van der Waals surface area contributed by atoms with Crippen LogP contribution in [0, 0.1) is 5.92 Å². The summed E-state index contributed by atoms with van der Waals surface area (Å²) in [7, 11) is 0. The van der Waals surface area contributed by atoms with E-state index in [0.717, 1.165) is 19.3 Å². The molecule has 0 bridgehead atoms. The third kappa shape index (κ3) is 4.64. The molecule has 1 atom stereocenters. The number of hydrogen-bond acceptors (Lipinski definition) is 2. The molecule has 0 unspecified atom stereocenters. The van der Waals surface area contributed by atoms with Crippen LogP contribution in [0.1, 0.15) is 24.8 Å². The van der Waals surface area contributed by atoms with E-state index in [1.807, 2.05) is 36.4 Å². The SMILES string of the molecule is O=C(NCCCCc1ccccc1)[C@H]1CC(=O)N(c2ccccc2Cl)C1. The lowest BCUT2D eigenvalue weighted by Gasteiger charge is -2.18. The van der Waals surface area contributed by atoms with Crippen molar-refractivity contribution in [2.75, 3.05) is 18.0 Å². The van der Waals surface area contributed by atoms with Gasteiger partial charge in [-0.25, -0.2) is 0 Å². The molecule has 2 amide bonds. The summed E-state index contributed by atoms with van der Waals surface area (Å²) in [6.07, 6.45) is 3.20. The Bertz CT molecular complexity index is 764. The van der Waals surface area contributed by atoms with Crippen molar-refractivity contribution in [2.24, 2.45) is 5.92 Å². The molecule has 1 aliphatic heterocycles. The van der Waals surface area contributed by atoms with Gasteiger partial charge in [-0.3, -0.25) is 9.59 Å². The molecule has 1 heterocycles. The Morgan fingerprint density at radius 1 is 1.08 bits per heavy atom. The van der Waals surface area contributed by atoms with Crippen LogP contribution in [0.3, 0.4) is 0 Å². The number of para-hydroxylation sites is 1. The van der Waals surface area contributed by atoms with E-state index in [9.17, 15) is 9.59 Å². The molecular formula is C21H23ClN2O2. The Morgan fingerprint density at radius 2 is 1.81 bits per heavy atom. The Kier molecular flexibility index (Phi) is 6.29. The molecule has 1 aliphatic rings. The van der Waals surface area contributed by atoms with E-state index < -0.39 is 0 Å². The number of carbonyl (C=O) groups is 2. The van der Waals surface area contributed by atoms with Gasteiger partial charge in [-0.1, -0.05) is 54.1 Å². The third-order valence-corrected chi connectivity index (χ3v) is 4.99. The first-order chi connectivity index (χ1) is 12.6. The number of benzene rings is 2. The zero-order valence-electron chi connectivity index (χ0n) is 14.7. The molecule has 1 N–H and O–H groups in total. The summed E-state index contributed by atoms with van der Waals surface area (Å²) >= 11 is 6.17. The predicted octanol–water partition coefficient (Wildman–Crippen LogP) is 3.83. The maximum atomic E-state index is 12.4. The quantitative estimate of drug-likeness (QED) is 0.753. The fourth-order valence-corrected chi connectivity index (χ4v) is 3.48. The van der Waals surface area contributed by atoms with Crippen LogP contribution < -0.4 is 10.2 Å². The monoisotopic (exact) mass is 370 g/mol. The number of anilines is 1. The van der Waals surface area contributed by atoms with Gasteiger partial charge in [0.1, 0.15) is 0 Å². The van der Waals surface area contributed by atoms with Gasteiger partial charge in [-0.05, 0) is 37.0 Å². The molecule has 2 aromatic carbocycles. The summed E-state index contributed by atoms with van der Waals surface area (Å²) in [5.41, 5.74) is 1.99.